The lowest BCUT2D eigenvalue weighted by molar-refractivity contribution is 0.442. The largest absolute Gasteiger partial charge is 0.507 e. The molecule has 6 heteroatoms. The smallest absolute Gasteiger partial charge is 0.344 e. The maximum atomic E-state index is 13.5. The fourth-order valence-corrected chi connectivity index (χ4v) is 5.57. The van der Waals surface area contributed by atoms with Gasteiger partial charge in [0.2, 0.25) is 0 Å². The number of hydrogen-bond acceptors (Lipinski definition) is 6. The summed E-state index contributed by atoms with van der Waals surface area (Å²) >= 11 is 0. The van der Waals surface area contributed by atoms with Crippen molar-refractivity contribution in [3.8, 4) is 11.5 Å². The third kappa shape index (κ3) is 3.42. The highest BCUT2D eigenvalue weighted by Gasteiger charge is 2.33. The van der Waals surface area contributed by atoms with Crippen LogP contribution in [0.2, 0.25) is 0 Å². The van der Waals surface area contributed by atoms with Crippen molar-refractivity contribution in [3.63, 3.8) is 0 Å². The van der Waals surface area contributed by atoms with Crippen molar-refractivity contribution < 1.29 is 19.0 Å². The molecule has 7 rings (SSSR count). The molecular weight excluding hydrogens is 492 g/mol. The SMILES string of the molecule is O=c1oc2ccc3ccccc3c2c(O)c1C(c1ccccc1)c1c(O)c2c(ccc3ccccc32)oc1=O. The molecule has 0 aliphatic rings. The Morgan fingerprint density at radius 2 is 0.949 bits per heavy atom. The van der Waals surface area contributed by atoms with Gasteiger partial charge in [-0.1, -0.05) is 91.0 Å². The van der Waals surface area contributed by atoms with Crippen molar-refractivity contribution >= 4 is 43.5 Å². The fraction of sp³-hybridized carbons (Fsp3) is 0.0303. The minimum atomic E-state index is -1.18. The van der Waals surface area contributed by atoms with Crippen molar-refractivity contribution in [2.75, 3.05) is 0 Å². The minimum absolute atomic E-state index is 0.160. The van der Waals surface area contributed by atoms with Crippen LogP contribution in [-0.2, 0) is 0 Å². The van der Waals surface area contributed by atoms with Gasteiger partial charge in [-0.2, -0.15) is 0 Å². The van der Waals surface area contributed by atoms with E-state index in [9.17, 15) is 19.8 Å². The number of benzene rings is 5. The van der Waals surface area contributed by atoms with E-state index in [1.54, 1.807) is 42.5 Å². The Labute approximate surface area is 220 Å². The number of fused-ring (bicyclic) bond motifs is 6. The second-order valence-corrected chi connectivity index (χ2v) is 9.47. The Morgan fingerprint density at radius 3 is 1.44 bits per heavy atom. The molecule has 0 fully saturated rings. The molecule has 0 saturated carbocycles. The van der Waals surface area contributed by atoms with Gasteiger partial charge in [0, 0.05) is 0 Å². The van der Waals surface area contributed by atoms with Crippen LogP contribution in [0.1, 0.15) is 22.6 Å². The van der Waals surface area contributed by atoms with E-state index in [4.69, 9.17) is 8.83 Å². The van der Waals surface area contributed by atoms with Crippen LogP contribution in [0.3, 0.4) is 0 Å². The summed E-state index contributed by atoms with van der Waals surface area (Å²) in [6.07, 6.45) is 0. The van der Waals surface area contributed by atoms with E-state index in [1.165, 1.54) is 0 Å². The maximum absolute atomic E-state index is 13.5. The summed E-state index contributed by atoms with van der Waals surface area (Å²) in [6, 6.07) is 30.5. The molecule has 6 nitrogen and oxygen atoms in total. The van der Waals surface area contributed by atoms with E-state index >= 15 is 0 Å². The monoisotopic (exact) mass is 512 g/mol. The van der Waals surface area contributed by atoms with Gasteiger partial charge in [0.15, 0.2) is 0 Å². The maximum Gasteiger partial charge on any atom is 0.344 e. The third-order valence-corrected chi connectivity index (χ3v) is 7.32. The van der Waals surface area contributed by atoms with Gasteiger partial charge in [-0.3, -0.25) is 0 Å². The minimum Gasteiger partial charge on any atom is -0.507 e. The van der Waals surface area contributed by atoms with Gasteiger partial charge in [0.05, 0.1) is 27.8 Å². The van der Waals surface area contributed by atoms with Gasteiger partial charge in [0.1, 0.15) is 22.7 Å². The third-order valence-electron chi connectivity index (χ3n) is 7.32. The lowest BCUT2D eigenvalue weighted by Crippen LogP contribution is -2.21. The second-order valence-electron chi connectivity index (χ2n) is 9.47. The summed E-state index contributed by atoms with van der Waals surface area (Å²) in [5, 5.41) is 27.2. The highest BCUT2D eigenvalue weighted by molar-refractivity contribution is 6.10. The molecule has 0 amide bonds. The predicted molar refractivity (Wildman–Crippen MR) is 151 cm³/mol. The van der Waals surface area contributed by atoms with Crippen LogP contribution in [-0.4, -0.2) is 10.2 Å². The molecule has 0 spiro atoms. The van der Waals surface area contributed by atoms with Crippen LogP contribution in [0.4, 0.5) is 0 Å². The van der Waals surface area contributed by atoms with Gasteiger partial charge in [-0.15, -0.1) is 0 Å². The van der Waals surface area contributed by atoms with Crippen molar-refractivity contribution in [1.82, 2.24) is 0 Å². The van der Waals surface area contributed by atoms with Gasteiger partial charge >= 0.3 is 11.3 Å². The standard InChI is InChI=1S/C33H20O6/c34-30-26-21-12-6-4-8-18(21)14-16-23(26)38-32(36)28(30)25(20-10-2-1-3-11-20)29-31(35)27-22-13-7-5-9-19(22)15-17-24(27)39-33(29)37/h1-17,25,34-35H. The first-order chi connectivity index (χ1) is 19.0. The van der Waals surface area contributed by atoms with Crippen LogP contribution < -0.4 is 11.3 Å². The zero-order chi connectivity index (χ0) is 26.7. The molecular formula is C33H20O6. The van der Waals surface area contributed by atoms with Gasteiger partial charge in [-0.05, 0) is 39.2 Å². The van der Waals surface area contributed by atoms with Crippen molar-refractivity contribution in [1.29, 1.82) is 0 Å². The lowest BCUT2D eigenvalue weighted by Gasteiger charge is -2.20. The molecule has 7 aromatic rings. The fourth-order valence-electron chi connectivity index (χ4n) is 5.57. The van der Waals surface area contributed by atoms with E-state index in [2.05, 4.69) is 0 Å². The summed E-state index contributed by atoms with van der Waals surface area (Å²) in [5.41, 5.74) is -1.02. The van der Waals surface area contributed by atoms with Crippen molar-refractivity contribution in [2.24, 2.45) is 0 Å². The van der Waals surface area contributed by atoms with Gasteiger partial charge < -0.3 is 19.0 Å². The number of aromatic hydroxyl groups is 2. The molecule has 0 radical (unpaired) electrons. The number of rotatable bonds is 3. The Balaban J connectivity index is 1.64. The molecule has 0 saturated heterocycles. The normalized spacial score (nSPS) is 11.7. The summed E-state index contributed by atoms with van der Waals surface area (Å²) in [6.45, 7) is 0. The summed E-state index contributed by atoms with van der Waals surface area (Å²) in [4.78, 5) is 27.1. The number of hydrogen-bond donors (Lipinski definition) is 2. The van der Waals surface area contributed by atoms with E-state index in [1.807, 2.05) is 60.7 Å². The molecule has 0 aliphatic carbocycles. The first-order valence-electron chi connectivity index (χ1n) is 12.4. The molecule has 0 bridgehead atoms. The highest BCUT2D eigenvalue weighted by Crippen LogP contribution is 2.44. The molecule has 0 atom stereocenters. The molecule has 5 aromatic carbocycles. The molecule has 0 unspecified atom stereocenters. The van der Waals surface area contributed by atoms with Crippen molar-refractivity contribution in [3.05, 3.63) is 141 Å². The topological polar surface area (TPSA) is 101 Å². The molecule has 2 aromatic heterocycles. The van der Waals surface area contributed by atoms with E-state index in [0.717, 1.165) is 10.8 Å². The van der Waals surface area contributed by atoms with Gasteiger partial charge in [0.25, 0.3) is 0 Å². The summed E-state index contributed by atoms with van der Waals surface area (Å²) in [5.74, 6) is -1.81. The first-order valence-corrected chi connectivity index (χ1v) is 12.4. The molecule has 0 aliphatic heterocycles. The van der Waals surface area contributed by atoms with Crippen LogP contribution in [0.15, 0.2) is 122 Å². The Hall–Kier alpha value is -5.36. The average molecular weight is 513 g/mol. The lowest BCUT2D eigenvalue weighted by atomic mass is 9.84. The van der Waals surface area contributed by atoms with Gasteiger partial charge in [-0.25, -0.2) is 9.59 Å². The Bertz CT molecular complexity index is 2050. The Morgan fingerprint density at radius 1 is 0.513 bits per heavy atom. The van der Waals surface area contributed by atoms with E-state index in [-0.39, 0.29) is 33.8 Å². The summed E-state index contributed by atoms with van der Waals surface area (Å²) in [7, 11) is 0. The van der Waals surface area contributed by atoms with Crippen LogP contribution in [0.25, 0.3) is 43.5 Å². The Kier molecular flexibility index (Phi) is 5.03. The van der Waals surface area contributed by atoms with E-state index < -0.39 is 17.2 Å². The molecule has 2 N–H and O–H groups in total. The molecule has 2 heterocycles. The average Bonchev–Trinajstić information content (AvgIpc) is 2.96. The molecule has 39 heavy (non-hydrogen) atoms. The highest BCUT2D eigenvalue weighted by atomic mass is 16.4. The predicted octanol–water partition coefficient (Wildman–Crippen LogP) is 6.80. The second kappa shape index (κ2) is 8.60. The van der Waals surface area contributed by atoms with Crippen LogP contribution >= 0.6 is 0 Å². The summed E-state index contributed by atoms with van der Waals surface area (Å²) < 4.78 is 11.4. The van der Waals surface area contributed by atoms with Crippen LogP contribution in [0.5, 0.6) is 11.5 Å². The van der Waals surface area contributed by atoms with Crippen molar-refractivity contribution in [2.45, 2.75) is 5.92 Å². The zero-order valence-corrected chi connectivity index (χ0v) is 20.4. The van der Waals surface area contributed by atoms with E-state index in [0.29, 0.717) is 27.1 Å². The first kappa shape index (κ1) is 22.8. The van der Waals surface area contributed by atoms with Crippen LogP contribution in [0, 0.1) is 0 Å². The quantitative estimate of drug-likeness (QED) is 0.200. The zero-order valence-electron chi connectivity index (χ0n) is 20.4. The molecule has 188 valence electrons.